The number of nitrogens with zero attached hydrogens (tertiary/aromatic N) is 1. The van der Waals surface area contributed by atoms with E-state index in [4.69, 9.17) is 13.9 Å². The van der Waals surface area contributed by atoms with Crippen molar-refractivity contribution in [2.24, 2.45) is 0 Å². The monoisotopic (exact) mass is 428 g/mol. The molecular weight excluding hydrogens is 396 g/mol. The fraction of sp³-hybridized carbons (Fsp3) is 0.478. The molecule has 2 aromatic rings. The van der Waals surface area contributed by atoms with Gasteiger partial charge in [-0.25, -0.2) is 4.79 Å². The summed E-state index contributed by atoms with van der Waals surface area (Å²) in [5.74, 6) is 0. The van der Waals surface area contributed by atoms with Crippen LogP contribution in [0.3, 0.4) is 0 Å². The van der Waals surface area contributed by atoms with Gasteiger partial charge in [0.2, 0.25) is 0 Å². The number of aromatic nitrogens is 1. The van der Waals surface area contributed by atoms with E-state index < -0.39 is 20.0 Å². The maximum atomic E-state index is 12.3. The first-order chi connectivity index (χ1) is 14.1. The molecule has 6 nitrogen and oxygen atoms in total. The van der Waals surface area contributed by atoms with Crippen LogP contribution >= 0.6 is 0 Å². The number of nitrogens with one attached hydrogen (secondary N) is 1. The smallest absolute Gasteiger partial charge is 0.411 e. The molecule has 0 saturated carbocycles. The van der Waals surface area contributed by atoms with E-state index in [0.29, 0.717) is 18.9 Å². The van der Waals surface area contributed by atoms with Crippen LogP contribution in [0.1, 0.15) is 38.4 Å². The first kappa shape index (κ1) is 22.5. The lowest BCUT2D eigenvalue weighted by Crippen LogP contribution is -2.49. The van der Waals surface area contributed by atoms with Crippen LogP contribution in [0.25, 0.3) is 0 Å². The standard InChI is InChI=1S/C23H32N2O4Si/c1-22(2,3)30(4,5)29-23(12-14-27-17-23)20-15-19(11-13-24-20)25-21(26)28-16-18-9-7-6-8-10-18/h6-11,13,15H,12,14,16-17H2,1-5H3,(H,24,25,26). The molecule has 0 bridgehead atoms. The van der Waals surface area contributed by atoms with Gasteiger partial charge >= 0.3 is 6.09 Å². The minimum absolute atomic E-state index is 0.0691. The van der Waals surface area contributed by atoms with Gasteiger partial charge in [0, 0.05) is 24.9 Å². The zero-order valence-corrected chi connectivity index (χ0v) is 19.5. The number of amides is 1. The first-order valence-corrected chi connectivity index (χ1v) is 13.2. The SMILES string of the molecule is CC(C)(C)[Si](C)(C)OC1(c2cc(NC(=O)OCc3ccccc3)ccn2)CCOC1. The largest absolute Gasteiger partial charge is 0.444 e. The Morgan fingerprint density at radius 2 is 1.97 bits per heavy atom. The van der Waals surface area contributed by atoms with Crippen molar-refractivity contribution in [3.8, 4) is 0 Å². The van der Waals surface area contributed by atoms with Crippen molar-refractivity contribution in [1.82, 2.24) is 4.98 Å². The van der Waals surface area contributed by atoms with Gasteiger partial charge in [0.1, 0.15) is 12.2 Å². The number of carbonyl (C=O) groups is 1. The van der Waals surface area contributed by atoms with Crippen molar-refractivity contribution < 1.29 is 18.7 Å². The van der Waals surface area contributed by atoms with Gasteiger partial charge in [-0.05, 0) is 35.8 Å². The number of rotatable bonds is 6. The second kappa shape index (κ2) is 8.87. The summed E-state index contributed by atoms with van der Waals surface area (Å²) in [6, 6.07) is 13.2. The van der Waals surface area contributed by atoms with Crippen LogP contribution in [-0.4, -0.2) is 32.6 Å². The van der Waals surface area contributed by atoms with Gasteiger partial charge in [-0.3, -0.25) is 10.3 Å². The van der Waals surface area contributed by atoms with Crippen LogP contribution in [0.2, 0.25) is 18.1 Å². The maximum Gasteiger partial charge on any atom is 0.411 e. The summed E-state index contributed by atoms with van der Waals surface area (Å²) in [4.78, 5) is 16.8. The summed E-state index contributed by atoms with van der Waals surface area (Å²) in [5, 5.41) is 2.87. The number of hydrogen-bond donors (Lipinski definition) is 1. The zero-order valence-electron chi connectivity index (χ0n) is 18.5. The summed E-state index contributed by atoms with van der Waals surface area (Å²) in [5.41, 5.74) is 1.76. The molecule has 1 saturated heterocycles. The van der Waals surface area contributed by atoms with E-state index in [2.05, 4.69) is 44.2 Å². The van der Waals surface area contributed by atoms with Gasteiger partial charge in [-0.2, -0.15) is 0 Å². The Labute approximate surface area is 180 Å². The molecule has 30 heavy (non-hydrogen) atoms. The van der Waals surface area contributed by atoms with Crippen molar-refractivity contribution >= 4 is 20.1 Å². The zero-order chi connectivity index (χ0) is 21.8. The number of pyridine rings is 1. The normalized spacial score (nSPS) is 19.5. The Morgan fingerprint density at radius 3 is 2.60 bits per heavy atom. The molecule has 2 heterocycles. The van der Waals surface area contributed by atoms with Gasteiger partial charge in [0.25, 0.3) is 0 Å². The highest BCUT2D eigenvalue weighted by molar-refractivity contribution is 6.74. The van der Waals surface area contributed by atoms with E-state index in [1.54, 1.807) is 12.3 Å². The molecule has 3 rings (SSSR count). The van der Waals surface area contributed by atoms with Crippen molar-refractivity contribution in [2.75, 3.05) is 18.5 Å². The average molecular weight is 429 g/mol. The molecular formula is C23H32N2O4Si. The third-order valence-corrected chi connectivity index (χ3v) is 10.4. The Bertz CT molecular complexity index is 859. The molecule has 162 valence electrons. The third-order valence-electron chi connectivity index (χ3n) is 5.93. The molecule has 1 amide bonds. The first-order valence-electron chi connectivity index (χ1n) is 10.3. The predicted octanol–water partition coefficient (Wildman–Crippen LogP) is 5.47. The molecule has 1 unspecified atom stereocenters. The molecule has 1 aromatic heterocycles. The molecule has 7 heteroatoms. The number of anilines is 1. The molecule has 1 aliphatic rings. The Balaban J connectivity index is 1.73. The fourth-order valence-electron chi connectivity index (χ4n) is 3.16. The number of benzene rings is 1. The van der Waals surface area contributed by atoms with Crippen LogP contribution in [0.4, 0.5) is 10.5 Å². The maximum absolute atomic E-state index is 12.3. The van der Waals surface area contributed by atoms with Gasteiger partial charge in [0.05, 0.1) is 12.3 Å². The fourth-order valence-corrected chi connectivity index (χ4v) is 4.71. The molecule has 0 radical (unpaired) electrons. The van der Waals surface area contributed by atoms with E-state index >= 15 is 0 Å². The van der Waals surface area contributed by atoms with Gasteiger partial charge in [0.15, 0.2) is 8.32 Å². The topological polar surface area (TPSA) is 69.7 Å². The van der Waals surface area contributed by atoms with Crippen molar-refractivity contribution in [1.29, 1.82) is 0 Å². The molecule has 1 aliphatic heterocycles. The van der Waals surface area contributed by atoms with Crippen molar-refractivity contribution in [3.63, 3.8) is 0 Å². The minimum Gasteiger partial charge on any atom is -0.444 e. The summed E-state index contributed by atoms with van der Waals surface area (Å²) < 4.78 is 17.9. The quantitative estimate of drug-likeness (QED) is 0.618. The Kier molecular flexibility index (Phi) is 6.64. The lowest BCUT2D eigenvalue weighted by molar-refractivity contribution is 0.0308. The van der Waals surface area contributed by atoms with Gasteiger partial charge in [-0.1, -0.05) is 51.1 Å². The van der Waals surface area contributed by atoms with Gasteiger partial charge in [-0.15, -0.1) is 0 Å². The summed E-state index contributed by atoms with van der Waals surface area (Å²) in [6.45, 7) is 12.4. The number of hydrogen-bond acceptors (Lipinski definition) is 5. The molecule has 1 N–H and O–H groups in total. The summed E-state index contributed by atoms with van der Waals surface area (Å²) in [7, 11) is -2.06. The number of carbonyl (C=O) groups excluding carboxylic acids is 1. The third kappa shape index (κ3) is 5.27. The summed E-state index contributed by atoms with van der Waals surface area (Å²) in [6.07, 6.45) is 1.93. The highest BCUT2D eigenvalue weighted by Gasteiger charge is 2.48. The highest BCUT2D eigenvalue weighted by Crippen LogP contribution is 2.44. The molecule has 0 spiro atoms. The van der Waals surface area contributed by atoms with Crippen LogP contribution < -0.4 is 5.32 Å². The van der Waals surface area contributed by atoms with Gasteiger partial charge < -0.3 is 13.9 Å². The lowest BCUT2D eigenvalue weighted by Gasteiger charge is -2.43. The summed E-state index contributed by atoms with van der Waals surface area (Å²) >= 11 is 0. The van der Waals surface area contributed by atoms with E-state index in [1.807, 2.05) is 36.4 Å². The Hall–Kier alpha value is -2.22. The van der Waals surface area contributed by atoms with E-state index in [0.717, 1.165) is 17.7 Å². The second-order valence-electron chi connectivity index (χ2n) is 9.28. The lowest BCUT2D eigenvalue weighted by atomic mass is 9.98. The van der Waals surface area contributed by atoms with E-state index in [9.17, 15) is 4.79 Å². The molecule has 1 atom stereocenters. The predicted molar refractivity (Wildman–Crippen MR) is 120 cm³/mol. The van der Waals surface area contributed by atoms with Crippen molar-refractivity contribution in [3.05, 3.63) is 59.9 Å². The van der Waals surface area contributed by atoms with Crippen LogP contribution in [-0.2, 0) is 26.1 Å². The van der Waals surface area contributed by atoms with Crippen LogP contribution in [0, 0.1) is 0 Å². The van der Waals surface area contributed by atoms with Crippen LogP contribution in [0.5, 0.6) is 0 Å². The van der Waals surface area contributed by atoms with Crippen LogP contribution in [0.15, 0.2) is 48.7 Å². The molecule has 0 aliphatic carbocycles. The molecule has 1 aromatic carbocycles. The van der Waals surface area contributed by atoms with Crippen molar-refractivity contribution in [2.45, 2.75) is 57.5 Å². The number of ether oxygens (including phenoxy) is 2. The minimum atomic E-state index is -2.06. The van der Waals surface area contributed by atoms with E-state index in [-0.39, 0.29) is 11.6 Å². The Morgan fingerprint density at radius 1 is 1.23 bits per heavy atom. The molecule has 1 fully saturated rings. The highest BCUT2D eigenvalue weighted by atomic mass is 28.4. The van der Waals surface area contributed by atoms with E-state index in [1.165, 1.54) is 0 Å². The second-order valence-corrected chi connectivity index (χ2v) is 14.0. The average Bonchev–Trinajstić information content (AvgIpc) is 3.16.